The Morgan fingerprint density at radius 2 is 1.96 bits per heavy atom. The quantitative estimate of drug-likeness (QED) is 0.462. The maximum atomic E-state index is 13.1. The number of aliphatic hydroxyl groups is 1. The van der Waals surface area contributed by atoms with Crippen molar-refractivity contribution in [2.75, 3.05) is 10.6 Å². The molecule has 0 saturated heterocycles. The summed E-state index contributed by atoms with van der Waals surface area (Å²) in [5, 5.41) is 24.3. The van der Waals surface area contributed by atoms with E-state index < -0.39 is 12.7 Å². The Balaban J connectivity index is 1.56. The first-order chi connectivity index (χ1) is 13.5. The van der Waals surface area contributed by atoms with Crippen LogP contribution in [-0.2, 0) is 0 Å². The first kappa shape index (κ1) is 19.1. The van der Waals surface area contributed by atoms with Crippen molar-refractivity contribution >= 4 is 28.4 Å². The predicted molar refractivity (Wildman–Crippen MR) is 107 cm³/mol. The summed E-state index contributed by atoms with van der Waals surface area (Å²) >= 11 is 1.16. The molecule has 3 aromatic heterocycles. The van der Waals surface area contributed by atoms with Crippen LogP contribution in [0.1, 0.15) is 49.6 Å². The zero-order valence-corrected chi connectivity index (χ0v) is 16.0. The van der Waals surface area contributed by atoms with Crippen LogP contribution in [-0.4, -0.2) is 26.8 Å². The average Bonchev–Trinajstić information content (AvgIpc) is 3.30. The molecule has 3 aromatic rings. The van der Waals surface area contributed by atoms with Crippen molar-refractivity contribution in [1.29, 1.82) is 0 Å². The second kappa shape index (κ2) is 8.02. The van der Waals surface area contributed by atoms with Gasteiger partial charge in [0.15, 0.2) is 6.23 Å². The molecular formula is C19H23F2N5OS. The number of alkyl halides is 2. The molecule has 9 heteroatoms. The van der Waals surface area contributed by atoms with Gasteiger partial charge in [0.2, 0.25) is 0 Å². The average molecular weight is 407 g/mol. The molecule has 1 aliphatic carbocycles. The van der Waals surface area contributed by atoms with Crippen molar-refractivity contribution in [3.05, 3.63) is 46.3 Å². The summed E-state index contributed by atoms with van der Waals surface area (Å²) in [4.78, 5) is 0. The van der Waals surface area contributed by atoms with Gasteiger partial charge < -0.3 is 21.5 Å². The standard InChI is InChI=1S/C19H23F2N5OS/c20-18(21)12-9-28-10-15(12)24-19(27)16-7-5-11-6-8-17(25-26(11)16)23-14-4-2-1-3-13(14)22/h5-10,13-14,18-19,24,27H,1-4,22H2,(H,23,25)/t13-,14+,19?/m0/s1. The highest BCUT2D eigenvalue weighted by Gasteiger charge is 2.23. The Morgan fingerprint density at radius 3 is 2.75 bits per heavy atom. The van der Waals surface area contributed by atoms with E-state index in [2.05, 4.69) is 15.7 Å². The largest absolute Gasteiger partial charge is 0.368 e. The molecule has 0 amide bonds. The molecule has 1 aliphatic rings. The maximum Gasteiger partial charge on any atom is 0.266 e. The first-order valence-electron chi connectivity index (χ1n) is 9.32. The second-order valence-corrected chi connectivity index (χ2v) is 7.84. The van der Waals surface area contributed by atoms with E-state index in [1.165, 1.54) is 5.38 Å². The third kappa shape index (κ3) is 3.82. The number of aliphatic hydroxyl groups excluding tert-OH is 1. The predicted octanol–water partition coefficient (Wildman–Crippen LogP) is 4.12. The van der Waals surface area contributed by atoms with Crippen LogP contribution in [0.4, 0.5) is 20.3 Å². The highest BCUT2D eigenvalue weighted by Crippen LogP contribution is 2.32. The molecule has 0 aliphatic heterocycles. The van der Waals surface area contributed by atoms with Gasteiger partial charge in [-0.05, 0) is 37.1 Å². The van der Waals surface area contributed by atoms with Crippen LogP contribution in [0.5, 0.6) is 0 Å². The minimum atomic E-state index is -2.60. The Hall–Kier alpha value is -2.23. The van der Waals surface area contributed by atoms with Gasteiger partial charge in [-0.25, -0.2) is 13.3 Å². The number of halogens is 2. The molecule has 0 radical (unpaired) electrons. The lowest BCUT2D eigenvalue weighted by molar-refractivity contribution is 0.151. The summed E-state index contributed by atoms with van der Waals surface area (Å²) in [6.45, 7) is 0. The summed E-state index contributed by atoms with van der Waals surface area (Å²) in [6, 6.07) is 7.59. The molecule has 3 heterocycles. The van der Waals surface area contributed by atoms with E-state index in [0.29, 0.717) is 11.5 Å². The number of thiophene rings is 1. The molecule has 1 unspecified atom stereocenters. The van der Waals surface area contributed by atoms with E-state index in [0.717, 1.165) is 42.5 Å². The SMILES string of the molecule is N[C@H]1CCCC[C@H]1Nc1ccc2ccc(C(O)Nc3cscc3C(F)F)n2n1. The number of nitrogens with zero attached hydrogens (tertiary/aromatic N) is 2. The number of aromatic nitrogens is 2. The zero-order chi connectivity index (χ0) is 19.7. The number of anilines is 2. The summed E-state index contributed by atoms with van der Waals surface area (Å²) in [5.41, 5.74) is 7.58. The van der Waals surface area contributed by atoms with Crippen molar-refractivity contribution in [2.24, 2.45) is 5.73 Å². The van der Waals surface area contributed by atoms with Crippen LogP contribution in [0.15, 0.2) is 35.0 Å². The topological polar surface area (TPSA) is 87.6 Å². The van der Waals surface area contributed by atoms with E-state index in [1.54, 1.807) is 16.0 Å². The number of nitrogens with one attached hydrogen (secondary N) is 2. The molecule has 0 aromatic carbocycles. The van der Waals surface area contributed by atoms with Crippen molar-refractivity contribution in [2.45, 2.75) is 50.4 Å². The molecule has 1 saturated carbocycles. The lowest BCUT2D eigenvalue weighted by Crippen LogP contribution is -2.42. The maximum absolute atomic E-state index is 13.1. The van der Waals surface area contributed by atoms with Crippen LogP contribution >= 0.6 is 11.3 Å². The number of hydrogen-bond donors (Lipinski definition) is 4. The molecule has 0 spiro atoms. The van der Waals surface area contributed by atoms with Gasteiger partial charge in [-0.3, -0.25) is 0 Å². The van der Waals surface area contributed by atoms with Gasteiger partial charge in [0.25, 0.3) is 6.43 Å². The molecule has 6 nitrogen and oxygen atoms in total. The van der Waals surface area contributed by atoms with E-state index in [4.69, 9.17) is 5.73 Å². The van der Waals surface area contributed by atoms with E-state index in [1.807, 2.05) is 18.2 Å². The fourth-order valence-electron chi connectivity index (χ4n) is 3.64. The fourth-order valence-corrected chi connectivity index (χ4v) is 4.42. The summed E-state index contributed by atoms with van der Waals surface area (Å²) in [6.07, 6.45) is 0.503. The number of fused-ring (bicyclic) bond motifs is 1. The van der Waals surface area contributed by atoms with Crippen molar-refractivity contribution in [3.8, 4) is 0 Å². The van der Waals surface area contributed by atoms with Gasteiger partial charge in [-0.15, -0.1) is 11.3 Å². The lowest BCUT2D eigenvalue weighted by atomic mass is 9.91. The van der Waals surface area contributed by atoms with E-state index in [9.17, 15) is 13.9 Å². The molecular weight excluding hydrogens is 384 g/mol. The van der Waals surface area contributed by atoms with Crippen LogP contribution in [0.2, 0.25) is 0 Å². The zero-order valence-electron chi connectivity index (χ0n) is 15.2. The highest BCUT2D eigenvalue weighted by atomic mass is 32.1. The number of rotatable bonds is 6. The molecule has 28 heavy (non-hydrogen) atoms. The molecule has 4 rings (SSSR count). The fraction of sp³-hybridized carbons (Fsp3) is 0.421. The second-order valence-electron chi connectivity index (χ2n) is 7.10. The Kier molecular flexibility index (Phi) is 5.47. The minimum Gasteiger partial charge on any atom is -0.368 e. The van der Waals surface area contributed by atoms with E-state index in [-0.39, 0.29) is 23.3 Å². The van der Waals surface area contributed by atoms with Gasteiger partial charge >= 0.3 is 0 Å². The van der Waals surface area contributed by atoms with E-state index >= 15 is 0 Å². The Bertz CT molecular complexity index is 943. The van der Waals surface area contributed by atoms with Gasteiger partial charge in [0.1, 0.15) is 5.82 Å². The third-order valence-electron chi connectivity index (χ3n) is 5.19. The lowest BCUT2D eigenvalue weighted by Gasteiger charge is -2.29. The van der Waals surface area contributed by atoms with Crippen LogP contribution < -0.4 is 16.4 Å². The first-order valence-corrected chi connectivity index (χ1v) is 10.3. The van der Waals surface area contributed by atoms with Crippen molar-refractivity contribution < 1.29 is 13.9 Å². The smallest absolute Gasteiger partial charge is 0.266 e. The van der Waals surface area contributed by atoms with Crippen molar-refractivity contribution in [3.63, 3.8) is 0 Å². The van der Waals surface area contributed by atoms with Crippen LogP contribution in [0.3, 0.4) is 0 Å². The molecule has 3 atom stereocenters. The molecule has 1 fully saturated rings. The van der Waals surface area contributed by atoms with Crippen LogP contribution in [0, 0.1) is 0 Å². The number of nitrogens with two attached hydrogens (primary N) is 1. The summed E-state index contributed by atoms with van der Waals surface area (Å²) in [7, 11) is 0. The normalized spacial score (nSPS) is 21.2. The molecule has 0 bridgehead atoms. The van der Waals surface area contributed by atoms with Crippen LogP contribution in [0.25, 0.3) is 5.52 Å². The summed E-state index contributed by atoms with van der Waals surface area (Å²) < 4.78 is 27.7. The number of hydrogen-bond acceptors (Lipinski definition) is 6. The van der Waals surface area contributed by atoms with Gasteiger partial charge in [0.05, 0.1) is 22.5 Å². The van der Waals surface area contributed by atoms with Gasteiger partial charge in [-0.1, -0.05) is 12.8 Å². The summed E-state index contributed by atoms with van der Waals surface area (Å²) in [5.74, 6) is 0.670. The highest BCUT2D eigenvalue weighted by molar-refractivity contribution is 7.08. The van der Waals surface area contributed by atoms with Crippen molar-refractivity contribution in [1.82, 2.24) is 9.61 Å². The Labute approximate surface area is 165 Å². The monoisotopic (exact) mass is 407 g/mol. The Morgan fingerprint density at radius 1 is 1.18 bits per heavy atom. The molecule has 5 N–H and O–H groups in total. The van der Waals surface area contributed by atoms with Gasteiger partial charge in [0, 0.05) is 22.8 Å². The third-order valence-corrected chi connectivity index (χ3v) is 5.95. The molecule has 150 valence electrons. The minimum absolute atomic E-state index is 0.0917. The van der Waals surface area contributed by atoms with Gasteiger partial charge in [-0.2, -0.15) is 5.10 Å².